The Hall–Kier alpha value is -3.24. The highest BCUT2D eigenvalue weighted by atomic mass is 19.3. The van der Waals surface area contributed by atoms with Gasteiger partial charge in [-0.3, -0.25) is 4.79 Å². The van der Waals surface area contributed by atoms with Crippen LogP contribution in [0.1, 0.15) is 107 Å². The van der Waals surface area contributed by atoms with Crippen molar-refractivity contribution < 1.29 is 31.4 Å². The lowest BCUT2D eigenvalue weighted by molar-refractivity contribution is -0.127. The summed E-state index contributed by atoms with van der Waals surface area (Å²) >= 11 is 0. The van der Waals surface area contributed by atoms with Gasteiger partial charge in [-0.15, -0.1) is 0 Å². The van der Waals surface area contributed by atoms with Gasteiger partial charge in [0, 0.05) is 60.9 Å². The lowest BCUT2D eigenvalue weighted by atomic mass is 9.53. The summed E-state index contributed by atoms with van der Waals surface area (Å²) in [6.45, 7) is 1.21. The van der Waals surface area contributed by atoms with E-state index in [9.17, 15) is 22.4 Å². The van der Waals surface area contributed by atoms with E-state index in [1.165, 1.54) is 0 Å². The number of nitrogens with zero attached hydrogens (tertiary/aromatic N) is 4. The molecule has 5 fully saturated rings. The second-order valence-corrected chi connectivity index (χ2v) is 13.6. The van der Waals surface area contributed by atoms with Crippen molar-refractivity contribution in [2.45, 2.75) is 107 Å². The van der Waals surface area contributed by atoms with Crippen LogP contribution < -0.4 is 4.90 Å². The second-order valence-electron chi connectivity index (χ2n) is 13.6. The SMILES string of the molecule is CC(F)(F)c1nc(C23CCC(CN(C(=O)C4CCC(F)(F)CC4)c4cccc(-c5cc(C6CC6)no5)c4)(CC2)CC3)no1. The van der Waals surface area contributed by atoms with Gasteiger partial charge in [0.2, 0.25) is 11.8 Å². The molecule has 3 aromatic rings. The Kier molecular flexibility index (Phi) is 6.74. The molecule has 0 N–H and O–H groups in total. The van der Waals surface area contributed by atoms with Crippen molar-refractivity contribution >= 4 is 11.6 Å². The zero-order valence-electron chi connectivity index (χ0n) is 24.3. The number of hydrogen-bond acceptors (Lipinski definition) is 6. The number of fused-ring (bicyclic) bond motifs is 3. The Morgan fingerprint density at radius 3 is 2.28 bits per heavy atom. The van der Waals surface area contributed by atoms with Crippen molar-refractivity contribution in [3.63, 3.8) is 0 Å². The molecule has 2 aromatic heterocycles. The van der Waals surface area contributed by atoms with Crippen LogP contribution in [0.4, 0.5) is 23.2 Å². The van der Waals surface area contributed by atoms with Crippen LogP contribution in [0.2, 0.25) is 0 Å². The fraction of sp³-hybridized carbons (Fsp3) is 0.625. The first-order valence-corrected chi connectivity index (χ1v) is 15.4. The highest BCUT2D eigenvalue weighted by Gasteiger charge is 2.53. The van der Waals surface area contributed by atoms with Gasteiger partial charge in [0.15, 0.2) is 11.6 Å². The third-order valence-electron chi connectivity index (χ3n) is 10.5. The summed E-state index contributed by atoms with van der Waals surface area (Å²) in [5.41, 5.74) is 1.88. The topological polar surface area (TPSA) is 85.3 Å². The van der Waals surface area contributed by atoms with Gasteiger partial charge in [0.05, 0.1) is 5.69 Å². The number of aromatic nitrogens is 3. The quantitative estimate of drug-likeness (QED) is 0.243. The Bertz CT molecular complexity index is 1470. The number of rotatable bonds is 8. The summed E-state index contributed by atoms with van der Waals surface area (Å²) in [6.07, 6.45) is 6.43. The standard InChI is InChI=1S/C32H36F4N4O3/c1-29(33,34)28-37-27(39-43-28)31-14-11-30(12-15-31,13-16-31)19-40(26(41)21-7-9-32(35,36)10-8-21)23-4-2-3-22(17-23)25-18-24(38-42-25)20-5-6-20/h2-4,17-18,20-21H,5-16,19H2,1H3. The Labute approximate surface area is 247 Å². The molecule has 5 aliphatic rings. The van der Waals surface area contributed by atoms with Crippen molar-refractivity contribution in [2.75, 3.05) is 11.4 Å². The predicted octanol–water partition coefficient (Wildman–Crippen LogP) is 8.16. The minimum Gasteiger partial charge on any atom is -0.356 e. The van der Waals surface area contributed by atoms with E-state index in [2.05, 4.69) is 15.3 Å². The summed E-state index contributed by atoms with van der Waals surface area (Å²) in [6, 6.07) is 9.61. The molecule has 11 heteroatoms. The summed E-state index contributed by atoms with van der Waals surface area (Å²) in [5.74, 6) is -5.73. The van der Waals surface area contributed by atoms with E-state index in [1.54, 1.807) is 0 Å². The Morgan fingerprint density at radius 2 is 1.65 bits per heavy atom. The van der Waals surface area contributed by atoms with E-state index < -0.39 is 29.1 Å². The lowest BCUT2D eigenvalue weighted by Gasteiger charge is -2.53. The number of benzene rings is 1. The number of hydrogen-bond donors (Lipinski definition) is 0. The maximum absolute atomic E-state index is 14.1. The Morgan fingerprint density at radius 1 is 0.953 bits per heavy atom. The van der Waals surface area contributed by atoms with Crippen LogP contribution in [0.15, 0.2) is 39.4 Å². The molecule has 5 aliphatic carbocycles. The third-order valence-corrected chi connectivity index (χ3v) is 10.5. The number of amides is 1. The van der Waals surface area contributed by atoms with Crippen molar-refractivity contribution in [2.24, 2.45) is 11.3 Å². The van der Waals surface area contributed by atoms with Crippen LogP contribution in [0.3, 0.4) is 0 Å². The predicted molar refractivity (Wildman–Crippen MR) is 149 cm³/mol. The minimum absolute atomic E-state index is 0.117. The average molecular weight is 601 g/mol. The minimum atomic E-state index is -3.20. The van der Waals surface area contributed by atoms with Gasteiger partial charge in [-0.05, 0) is 81.8 Å². The summed E-state index contributed by atoms with van der Waals surface area (Å²) in [4.78, 5) is 20.0. The molecule has 0 saturated heterocycles. The van der Waals surface area contributed by atoms with Crippen molar-refractivity contribution in [3.8, 4) is 11.3 Å². The maximum atomic E-state index is 14.1. The zero-order chi connectivity index (χ0) is 30.0. The smallest absolute Gasteiger partial charge is 0.322 e. The van der Waals surface area contributed by atoms with E-state index in [0.29, 0.717) is 49.0 Å². The molecule has 0 aliphatic heterocycles. The van der Waals surface area contributed by atoms with Gasteiger partial charge < -0.3 is 13.9 Å². The first-order chi connectivity index (χ1) is 20.4. The second kappa shape index (κ2) is 10.2. The molecular formula is C32H36F4N4O3. The van der Waals surface area contributed by atoms with Crippen LogP contribution in [-0.4, -0.2) is 33.7 Å². The van der Waals surface area contributed by atoms with Gasteiger partial charge in [-0.2, -0.15) is 13.8 Å². The molecule has 8 rings (SSSR count). The van der Waals surface area contributed by atoms with Crippen molar-refractivity contribution in [1.29, 1.82) is 0 Å². The summed E-state index contributed by atoms with van der Waals surface area (Å²) < 4.78 is 66.2. The highest BCUT2D eigenvalue weighted by Crippen LogP contribution is 2.58. The molecule has 0 atom stereocenters. The molecular weight excluding hydrogens is 564 g/mol. The van der Waals surface area contributed by atoms with Gasteiger partial charge in [-0.1, -0.05) is 22.4 Å². The molecule has 2 heterocycles. The molecule has 2 bridgehead atoms. The van der Waals surface area contributed by atoms with Gasteiger partial charge >= 0.3 is 5.92 Å². The van der Waals surface area contributed by atoms with Crippen LogP contribution in [0.5, 0.6) is 0 Å². The van der Waals surface area contributed by atoms with E-state index in [0.717, 1.165) is 50.3 Å². The summed E-state index contributed by atoms with van der Waals surface area (Å²) in [5, 5.41) is 8.19. The van der Waals surface area contributed by atoms with Gasteiger partial charge in [0.1, 0.15) is 0 Å². The maximum Gasteiger partial charge on any atom is 0.322 e. The Balaban J connectivity index is 1.14. The first kappa shape index (κ1) is 28.5. The molecule has 7 nitrogen and oxygen atoms in total. The van der Waals surface area contributed by atoms with Crippen molar-refractivity contribution in [3.05, 3.63) is 47.7 Å². The zero-order valence-corrected chi connectivity index (χ0v) is 24.3. The number of alkyl halides is 4. The molecule has 0 unspecified atom stereocenters. The van der Waals surface area contributed by atoms with Crippen molar-refractivity contribution in [1.82, 2.24) is 15.3 Å². The van der Waals surface area contributed by atoms with E-state index >= 15 is 0 Å². The molecule has 43 heavy (non-hydrogen) atoms. The molecule has 1 amide bonds. The van der Waals surface area contributed by atoms with Crippen LogP contribution in [0, 0.1) is 11.3 Å². The average Bonchev–Trinajstić information content (AvgIpc) is 3.48. The monoisotopic (exact) mass is 600 g/mol. The van der Waals surface area contributed by atoms with Gasteiger partial charge in [0.25, 0.3) is 5.89 Å². The number of carbonyl (C=O) groups is 1. The number of carbonyl (C=O) groups excluding carboxylic acids is 1. The molecule has 230 valence electrons. The molecule has 0 spiro atoms. The van der Waals surface area contributed by atoms with Crippen LogP contribution in [-0.2, 0) is 16.1 Å². The highest BCUT2D eigenvalue weighted by molar-refractivity contribution is 5.95. The largest absolute Gasteiger partial charge is 0.356 e. The van der Waals surface area contributed by atoms with E-state index in [4.69, 9.17) is 9.05 Å². The fourth-order valence-corrected chi connectivity index (χ4v) is 7.42. The molecule has 1 aromatic carbocycles. The van der Waals surface area contributed by atoms with Crippen LogP contribution in [0.25, 0.3) is 11.3 Å². The van der Waals surface area contributed by atoms with E-state index in [1.807, 2.05) is 35.2 Å². The first-order valence-electron chi connectivity index (χ1n) is 15.4. The molecule has 0 radical (unpaired) electrons. The van der Waals surface area contributed by atoms with E-state index in [-0.39, 0.29) is 37.0 Å². The van der Waals surface area contributed by atoms with Crippen LogP contribution >= 0.6 is 0 Å². The molecule has 5 saturated carbocycles. The normalized spacial score (nSPS) is 27.4. The summed E-state index contributed by atoms with van der Waals surface area (Å²) in [7, 11) is 0. The fourth-order valence-electron chi connectivity index (χ4n) is 7.42. The van der Waals surface area contributed by atoms with Gasteiger partial charge in [-0.25, -0.2) is 8.78 Å². The lowest BCUT2D eigenvalue weighted by Crippen LogP contribution is -2.52. The third kappa shape index (κ3) is 5.48. The number of anilines is 1. The number of halogens is 4.